The van der Waals surface area contributed by atoms with Crippen LogP contribution in [0.3, 0.4) is 0 Å². The molecule has 1 atom stereocenters. The van der Waals surface area contributed by atoms with Gasteiger partial charge in [0.15, 0.2) is 0 Å². The number of aromatic nitrogens is 2. The summed E-state index contributed by atoms with van der Waals surface area (Å²) in [5.41, 5.74) is 0. The van der Waals surface area contributed by atoms with Crippen LogP contribution in [0.4, 0.5) is 11.8 Å². The zero-order chi connectivity index (χ0) is 19.2. The van der Waals surface area contributed by atoms with E-state index >= 15 is 0 Å². The number of hydrogen-bond donors (Lipinski definition) is 1. The molecule has 3 aliphatic heterocycles. The monoisotopic (exact) mass is 386 g/mol. The van der Waals surface area contributed by atoms with Gasteiger partial charge in [-0.3, -0.25) is 4.90 Å². The third kappa shape index (κ3) is 5.15. The highest BCUT2D eigenvalue weighted by Crippen LogP contribution is 2.24. The fourth-order valence-corrected chi connectivity index (χ4v) is 5.14. The minimum atomic E-state index is 0.480. The maximum Gasteiger partial charge on any atom is 0.224 e. The summed E-state index contributed by atoms with van der Waals surface area (Å²) in [6.45, 7) is 10.7. The molecule has 0 aliphatic carbocycles. The molecule has 1 aromatic heterocycles. The molecular formula is C22H38N6. The molecule has 3 fully saturated rings. The summed E-state index contributed by atoms with van der Waals surface area (Å²) in [6, 6.07) is 3.32. The summed E-state index contributed by atoms with van der Waals surface area (Å²) in [4.78, 5) is 17.1. The van der Waals surface area contributed by atoms with Crippen molar-refractivity contribution in [2.24, 2.45) is 0 Å². The standard InChI is InChI=1S/C22H38N6/c1-2-12-26-15-9-20(10-16-26)28-17-8-19(18-28)24-22-23-11-7-21(25-22)27-13-5-3-4-6-14-27/h7,11,19-20H,2-6,8-10,12-18H2,1H3,(H,23,24,25). The Morgan fingerprint density at radius 3 is 2.54 bits per heavy atom. The van der Waals surface area contributed by atoms with Crippen LogP contribution >= 0.6 is 0 Å². The van der Waals surface area contributed by atoms with Gasteiger partial charge in [0.05, 0.1) is 0 Å². The van der Waals surface area contributed by atoms with Crippen molar-refractivity contribution < 1.29 is 0 Å². The summed E-state index contributed by atoms with van der Waals surface area (Å²) in [6.07, 6.45) is 12.3. The number of anilines is 2. The van der Waals surface area contributed by atoms with Gasteiger partial charge >= 0.3 is 0 Å². The topological polar surface area (TPSA) is 47.5 Å². The fourth-order valence-electron chi connectivity index (χ4n) is 5.14. The molecule has 28 heavy (non-hydrogen) atoms. The van der Waals surface area contributed by atoms with Gasteiger partial charge in [0, 0.05) is 44.5 Å². The van der Waals surface area contributed by atoms with Gasteiger partial charge in [0.25, 0.3) is 0 Å². The second-order valence-electron chi connectivity index (χ2n) is 8.84. The van der Waals surface area contributed by atoms with Gasteiger partial charge in [0.1, 0.15) is 5.82 Å². The quantitative estimate of drug-likeness (QED) is 0.810. The van der Waals surface area contributed by atoms with Gasteiger partial charge in [0.2, 0.25) is 5.95 Å². The summed E-state index contributed by atoms with van der Waals surface area (Å²) >= 11 is 0. The number of rotatable bonds is 6. The third-order valence-electron chi connectivity index (χ3n) is 6.74. The van der Waals surface area contributed by atoms with Gasteiger partial charge < -0.3 is 15.1 Å². The molecule has 0 amide bonds. The lowest BCUT2D eigenvalue weighted by molar-refractivity contribution is 0.126. The number of piperidine rings is 1. The zero-order valence-electron chi connectivity index (χ0n) is 17.7. The van der Waals surface area contributed by atoms with E-state index in [0.29, 0.717) is 6.04 Å². The Hall–Kier alpha value is -1.40. The minimum Gasteiger partial charge on any atom is -0.356 e. The van der Waals surface area contributed by atoms with E-state index in [1.807, 2.05) is 6.20 Å². The highest BCUT2D eigenvalue weighted by atomic mass is 15.3. The lowest BCUT2D eigenvalue weighted by Crippen LogP contribution is -2.44. The summed E-state index contributed by atoms with van der Waals surface area (Å²) < 4.78 is 0. The molecule has 3 aliphatic rings. The third-order valence-corrected chi connectivity index (χ3v) is 6.74. The first kappa shape index (κ1) is 19.9. The number of likely N-dealkylation sites (tertiary alicyclic amines) is 2. The van der Waals surface area contributed by atoms with Crippen LogP contribution in [0.5, 0.6) is 0 Å². The van der Waals surface area contributed by atoms with Crippen molar-refractivity contribution in [1.29, 1.82) is 0 Å². The average molecular weight is 387 g/mol. The van der Waals surface area contributed by atoms with Crippen molar-refractivity contribution in [2.75, 3.05) is 56.0 Å². The number of hydrogen-bond acceptors (Lipinski definition) is 6. The van der Waals surface area contributed by atoms with Crippen molar-refractivity contribution in [3.63, 3.8) is 0 Å². The van der Waals surface area contributed by atoms with Crippen LogP contribution < -0.4 is 10.2 Å². The van der Waals surface area contributed by atoms with E-state index in [2.05, 4.69) is 38.0 Å². The highest BCUT2D eigenvalue weighted by Gasteiger charge is 2.30. The molecule has 6 heteroatoms. The molecule has 0 radical (unpaired) electrons. The first-order chi connectivity index (χ1) is 13.8. The maximum atomic E-state index is 4.85. The Labute approximate surface area is 170 Å². The smallest absolute Gasteiger partial charge is 0.224 e. The van der Waals surface area contributed by atoms with Gasteiger partial charge in [-0.25, -0.2) is 4.98 Å². The van der Waals surface area contributed by atoms with E-state index in [1.54, 1.807) is 0 Å². The average Bonchev–Trinajstić information content (AvgIpc) is 3.01. The van der Waals surface area contributed by atoms with Crippen molar-refractivity contribution in [1.82, 2.24) is 19.8 Å². The zero-order valence-corrected chi connectivity index (χ0v) is 17.7. The van der Waals surface area contributed by atoms with Gasteiger partial charge in [-0.2, -0.15) is 4.98 Å². The Morgan fingerprint density at radius 2 is 1.79 bits per heavy atom. The molecule has 0 aromatic carbocycles. The van der Waals surface area contributed by atoms with Crippen LogP contribution in [0, 0.1) is 0 Å². The van der Waals surface area contributed by atoms with Gasteiger partial charge in [-0.1, -0.05) is 19.8 Å². The van der Waals surface area contributed by atoms with Crippen LogP contribution in [0.1, 0.15) is 58.3 Å². The second-order valence-corrected chi connectivity index (χ2v) is 8.84. The molecule has 6 nitrogen and oxygen atoms in total. The second kappa shape index (κ2) is 9.88. The molecule has 0 saturated carbocycles. The Kier molecular flexibility index (Phi) is 7.02. The summed E-state index contributed by atoms with van der Waals surface area (Å²) in [5.74, 6) is 1.91. The molecule has 4 heterocycles. The lowest BCUT2D eigenvalue weighted by Gasteiger charge is -2.36. The molecular weight excluding hydrogens is 348 g/mol. The molecule has 0 bridgehead atoms. The van der Waals surface area contributed by atoms with E-state index < -0.39 is 0 Å². The van der Waals surface area contributed by atoms with Crippen LogP contribution in [0.2, 0.25) is 0 Å². The molecule has 4 rings (SSSR count). The van der Waals surface area contributed by atoms with E-state index in [4.69, 9.17) is 4.98 Å². The molecule has 1 unspecified atom stereocenters. The van der Waals surface area contributed by atoms with Gasteiger partial charge in [-0.05, 0) is 64.2 Å². The molecule has 1 aromatic rings. The number of nitrogens with zero attached hydrogens (tertiary/aromatic N) is 5. The number of nitrogens with one attached hydrogen (secondary N) is 1. The lowest BCUT2D eigenvalue weighted by atomic mass is 10.0. The van der Waals surface area contributed by atoms with E-state index in [-0.39, 0.29) is 0 Å². The van der Waals surface area contributed by atoms with Gasteiger partial charge in [-0.15, -0.1) is 0 Å². The summed E-state index contributed by atoms with van der Waals surface area (Å²) in [7, 11) is 0. The van der Waals surface area contributed by atoms with Crippen molar-refractivity contribution in [2.45, 2.75) is 70.4 Å². The van der Waals surface area contributed by atoms with E-state index in [1.165, 1.54) is 77.5 Å². The highest BCUT2D eigenvalue weighted by molar-refractivity contribution is 5.43. The Balaban J connectivity index is 1.28. The fraction of sp³-hybridized carbons (Fsp3) is 0.818. The van der Waals surface area contributed by atoms with E-state index in [0.717, 1.165) is 37.4 Å². The van der Waals surface area contributed by atoms with Crippen molar-refractivity contribution in [3.05, 3.63) is 12.3 Å². The molecule has 0 spiro atoms. The summed E-state index contributed by atoms with van der Waals surface area (Å²) in [5, 5.41) is 3.63. The SMILES string of the molecule is CCCN1CCC(N2CCC(Nc3nccc(N4CCCCCC4)n3)C2)CC1. The van der Waals surface area contributed by atoms with Crippen molar-refractivity contribution in [3.8, 4) is 0 Å². The predicted octanol–water partition coefficient (Wildman–Crippen LogP) is 3.22. The molecule has 156 valence electrons. The Bertz CT molecular complexity index is 592. The first-order valence-electron chi connectivity index (χ1n) is 11.6. The largest absolute Gasteiger partial charge is 0.356 e. The Morgan fingerprint density at radius 1 is 1.00 bits per heavy atom. The molecule has 1 N–H and O–H groups in total. The minimum absolute atomic E-state index is 0.480. The first-order valence-corrected chi connectivity index (χ1v) is 11.6. The van der Waals surface area contributed by atoms with E-state index in [9.17, 15) is 0 Å². The predicted molar refractivity (Wildman–Crippen MR) is 116 cm³/mol. The van der Waals surface area contributed by atoms with Crippen LogP contribution in [-0.4, -0.2) is 77.7 Å². The van der Waals surface area contributed by atoms with Crippen LogP contribution in [0.25, 0.3) is 0 Å². The van der Waals surface area contributed by atoms with Crippen LogP contribution in [-0.2, 0) is 0 Å². The molecule has 3 saturated heterocycles. The normalized spacial score (nSPS) is 25.8. The van der Waals surface area contributed by atoms with Crippen molar-refractivity contribution >= 4 is 11.8 Å². The van der Waals surface area contributed by atoms with Crippen LogP contribution in [0.15, 0.2) is 12.3 Å². The maximum absolute atomic E-state index is 4.85.